The Bertz CT molecular complexity index is 976. The molecule has 1 amide bonds. The Morgan fingerprint density at radius 3 is 2.45 bits per heavy atom. The van der Waals surface area contributed by atoms with Gasteiger partial charge >= 0.3 is 0 Å². The van der Waals surface area contributed by atoms with E-state index in [0.717, 1.165) is 11.3 Å². The highest BCUT2D eigenvalue weighted by molar-refractivity contribution is 6.31. The van der Waals surface area contributed by atoms with E-state index in [1.165, 1.54) is 7.11 Å². The number of halogens is 1. The fourth-order valence-electron chi connectivity index (χ4n) is 2.78. The van der Waals surface area contributed by atoms with Crippen LogP contribution in [0.25, 0.3) is 0 Å². The molecular formula is C23H22ClNO4. The van der Waals surface area contributed by atoms with Crippen molar-refractivity contribution < 1.29 is 19.0 Å². The van der Waals surface area contributed by atoms with Crippen LogP contribution in [0.1, 0.15) is 22.8 Å². The Hall–Kier alpha value is -3.18. The molecule has 0 unspecified atom stereocenters. The quantitative estimate of drug-likeness (QED) is 0.525. The maximum atomic E-state index is 12.8. The summed E-state index contributed by atoms with van der Waals surface area (Å²) in [6.07, 6.45) is 0. The highest BCUT2D eigenvalue weighted by atomic mass is 35.5. The summed E-state index contributed by atoms with van der Waals surface area (Å²) in [5, 5.41) is 3.35. The summed E-state index contributed by atoms with van der Waals surface area (Å²) in [5.74, 6) is 1.67. The number of rotatable bonds is 8. The van der Waals surface area contributed by atoms with E-state index >= 15 is 0 Å². The molecule has 0 fully saturated rings. The summed E-state index contributed by atoms with van der Waals surface area (Å²) in [4.78, 5) is 12.8. The zero-order chi connectivity index (χ0) is 20.6. The Morgan fingerprint density at radius 2 is 1.72 bits per heavy atom. The van der Waals surface area contributed by atoms with Crippen LogP contribution in [0, 0.1) is 0 Å². The summed E-state index contributed by atoms with van der Waals surface area (Å²) in [7, 11) is 1.54. The summed E-state index contributed by atoms with van der Waals surface area (Å²) < 4.78 is 16.8. The van der Waals surface area contributed by atoms with E-state index in [4.69, 9.17) is 25.8 Å². The minimum absolute atomic E-state index is 0.279. The molecule has 0 atom stereocenters. The maximum absolute atomic E-state index is 12.8. The van der Waals surface area contributed by atoms with E-state index in [-0.39, 0.29) is 12.5 Å². The molecule has 0 radical (unpaired) electrons. The van der Waals surface area contributed by atoms with Crippen molar-refractivity contribution in [2.75, 3.05) is 19.0 Å². The van der Waals surface area contributed by atoms with Crippen LogP contribution in [-0.4, -0.2) is 19.6 Å². The summed E-state index contributed by atoms with van der Waals surface area (Å²) in [6, 6.07) is 19.8. The van der Waals surface area contributed by atoms with Crippen LogP contribution in [0.3, 0.4) is 0 Å². The Kier molecular flexibility index (Phi) is 6.98. The fourth-order valence-corrected chi connectivity index (χ4v) is 2.95. The van der Waals surface area contributed by atoms with Gasteiger partial charge in [-0.3, -0.25) is 4.79 Å². The second-order valence-electron chi connectivity index (χ2n) is 6.16. The topological polar surface area (TPSA) is 56.8 Å². The van der Waals surface area contributed by atoms with Crippen LogP contribution >= 0.6 is 11.6 Å². The molecule has 150 valence electrons. The third-order valence-electron chi connectivity index (χ3n) is 4.17. The molecule has 0 saturated heterocycles. The van der Waals surface area contributed by atoms with Crippen molar-refractivity contribution in [1.29, 1.82) is 0 Å². The lowest BCUT2D eigenvalue weighted by Gasteiger charge is -2.14. The van der Waals surface area contributed by atoms with Gasteiger partial charge in [-0.05, 0) is 55.5 Å². The lowest BCUT2D eigenvalue weighted by molar-refractivity contribution is 0.102. The van der Waals surface area contributed by atoms with E-state index in [2.05, 4.69) is 5.32 Å². The summed E-state index contributed by atoms with van der Waals surface area (Å²) in [5.41, 5.74) is 1.75. The molecule has 0 aliphatic carbocycles. The molecule has 3 aromatic rings. The van der Waals surface area contributed by atoms with Crippen LogP contribution in [0.5, 0.6) is 17.2 Å². The van der Waals surface area contributed by atoms with Crippen LogP contribution in [0.2, 0.25) is 5.02 Å². The maximum Gasteiger partial charge on any atom is 0.255 e. The highest BCUT2D eigenvalue weighted by Crippen LogP contribution is 2.29. The molecule has 0 heterocycles. The first kappa shape index (κ1) is 20.6. The van der Waals surface area contributed by atoms with Crippen molar-refractivity contribution in [3.63, 3.8) is 0 Å². The van der Waals surface area contributed by atoms with Crippen molar-refractivity contribution in [1.82, 2.24) is 0 Å². The molecule has 0 saturated carbocycles. The monoisotopic (exact) mass is 411 g/mol. The van der Waals surface area contributed by atoms with Gasteiger partial charge in [0.15, 0.2) is 0 Å². The second kappa shape index (κ2) is 9.85. The number of methoxy groups -OCH3 is 1. The Labute approximate surface area is 175 Å². The van der Waals surface area contributed by atoms with Crippen LogP contribution in [0.15, 0.2) is 66.7 Å². The number of amides is 1. The van der Waals surface area contributed by atoms with E-state index < -0.39 is 0 Å². The minimum atomic E-state index is -0.283. The van der Waals surface area contributed by atoms with E-state index in [1.807, 2.05) is 37.3 Å². The molecule has 5 nitrogen and oxygen atoms in total. The standard InChI is InChI=1S/C23H22ClNO4/c1-3-28-21-11-9-16(13-17(21)15-29-19-7-5-4-6-8-19)23(26)25-20-14-18(24)10-12-22(20)27-2/h4-14H,3,15H2,1-2H3,(H,25,26). The lowest BCUT2D eigenvalue weighted by Crippen LogP contribution is -2.13. The molecule has 0 aromatic heterocycles. The lowest BCUT2D eigenvalue weighted by atomic mass is 10.1. The van der Waals surface area contributed by atoms with E-state index in [9.17, 15) is 4.79 Å². The Morgan fingerprint density at radius 1 is 0.966 bits per heavy atom. The first-order valence-electron chi connectivity index (χ1n) is 9.19. The molecule has 3 aromatic carbocycles. The van der Waals surface area contributed by atoms with Gasteiger partial charge in [0.25, 0.3) is 5.91 Å². The van der Waals surface area contributed by atoms with Gasteiger partial charge in [-0.25, -0.2) is 0 Å². The van der Waals surface area contributed by atoms with Crippen LogP contribution in [0.4, 0.5) is 5.69 Å². The normalized spacial score (nSPS) is 10.3. The number of para-hydroxylation sites is 1. The molecule has 6 heteroatoms. The van der Waals surface area contributed by atoms with Gasteiger partial charge in [-0.15, -0.1) is 0 Å². The fraction of sp³-hybridized carbons (Fsp3) is 0.174. The summed E-state index contributed by atoms with van der Waals surface area (Å²) in [6.45, 7) is 2.71. The first-order chi connectivity index (χ1) is 14.1. The van der Waals surface area contributed by atoms with Gasteiger partial charge in [0.2, 0.25) is 0 Å². The molecule has 29 heavy (non-hydrogen) atoms. The van der Waals surface area contributed by atoms with Gasteiger partial charge in [0.05, 0.1) is 19.4 Å². The summed E-state index contributed by atoms with van der Waals surface area (Å²) >= 11 is 6.04. The average molecular weight is 412 g/mol. The van der Waals surface area contributed by atoms with Gasteiger partial charge in [0.1, 0.15) is 23.9 Å². The van der Waals surface area contributed by atoms with Gasteiger partial charge in [-0.2, -0.15) is 0 Å². The largest absolute Gasteiger partial charge is 0.495 e. The number of carbonyl (C=O) groups is 1. The minimum Gasteiger partial charge on any atom is -0.495 e. The van der Waals surface area contributed by atoms with E-state index in [0.29, 0.717) is 34.4 Å². The number of ether oxygens (including phenoxy) is 3. The SMILES string of the molecule is CCOc1ccc(C(=O)Nc2cc(Cl)ccc2OC)cc1COc1ccccc1. The molecular weight excluding hydrogens is 390 g/mol. The second-order valence-corrected chi connectivity index (χ2v) is 6.59. The first-order valence-corrected chi connectivity index (χ1v) is 9.57. The number of hydrogen-bond acceptors (Lipinski definition) is 4. The van der Waals surface area contributed by atoms with Gasteiger partial charge < -0.3 is 19.5 Å². The number of nitrogens with one attached hydrogen (secondary N) is 1. The predicted molar refractivity (Wildman–Crippen MR) is 114 cm³/mol. The van der Waals surface area contributed by atoms with E-state index in [1.54, 1.807) is 36.4 Å². The third-order valence-corrected chi connectivity index (χ3v) is 4.40. The average Bonchev–Trinajstić information content (AvgIpc) is 2.74. The number of benzene rings is 3. The number of hydrogen-bond donors (Lipinski definition) is 1. The molecule has 0 spiro atoms. The van der Waals surface area contributed by atoms with Crippen molar-refractivity contribution in [3.05, 3.63) is 82.9 Å². The van der Waals surface area contributed by atoms with Gasteiger partial charge in [-0.1, -0.05) is 29.8 Å². The number of anilines is 1. The van der Waals surface area contributed by atoms with Crippen molar-refractivity contribution >= 4 is 23.2 Å². The Balaban J connectivity index is 1.81. The molecule has 1 N–H and O–H groups in total. The van der Waals surface area contributed by atoms with Crippen LogP contribution in [-0.2, 0) is 6.61 Å². The van der Waals surface area contributed by atoms with Crippen LogP contribution < -0.4 is 19.5 Å². The molecule has 3 rings (SSSR count). The van der Waals surface area contributed by atoms with Crippen molar-refractivity contribution in [2.24, 2.45) is 0 Å². The van der Waals surface area contributed by atoms with Crippen molar-refractivity contribution in [2.45, 2.75) is 13.5 Å². The number of carbonyl (C=O) groups excluding carboxylic acids is 1. The molecule has 0 aliphatic heterocycles. The van der Waals surface area contributed by atoms with Gasteiger partial charge in [0, 0.05) is 16.1 Å². The zero-order valence-corrected chi connectivity index (χ0v) is 17.0. The highest BCUT2D eigenvalue weighted by Gasteiger charge is 2.14. The molecule has 0 aliphatic rings. The molecule has 0 bridgehead atoms. The smallest absolute Gasteiger partial charge is 0.255 e. The zero-order valence-electron chi connectivity index (χ0n) is 16.3. The predicted octanol–water partition coefficient (Wildman–Crippen LogP) is 5.58. The third kappa shape index (κ3) is 5.42. The van der Waals surface area contributed by atoms with Crippen molar-refractivity contribution in [3.8, 4) is 17.2 Å².